The Labute approximate surface area is 109 Å². The number of alkyl halides is 1. The predicted octanol–water partition coefficient (Wildman–Crippen LogP) is 2.31. The van der Waals surface area contributed by atoms with Gasteiger partial charge in [0.25, 0.3) is 0 Å². The summed E-state index contributed by atoms with van der Waals surface area (Å²) in [4.78, 5) is 11.2. The van der Waals surface area contributed by atoms with Crippen molar-refractivity contribution >= 4 is 28.7 Å². The van der Waals surface area contributed by atoms with E-state index in [-0.39, 0.29) is 12.1 Å². The van der Waals surface area contributed by atoms with Crippen LogP contribution in [0.15, 0.2) is 24.3 Å². The summed E-state index contributed by atoms with van der Waals surface area (Å²) in [5.74, 6) is 0. The Balaban J connectivity index is 2.12. The van der Waals surface area contributed by atoms with Crippen LogP contribution in [-0.2, 0) is 17.6 Å². The fraction of sp³-hybridized carbons (Fsp3) is 0.417. The van der Waals surface area contributed by atoms with Crippen molar-refractivity contribution < 1.29 is 9.53 Å². The Hall–Kier alpha value is -0.780. The topological polar surface area (TPSA) is 38.3 Å². The third kappa shape index (κ3) is 2.48. The van der Waals surface area contributed by atoms with Gasteiger partial charge in [0.2, 0.25) is 0 Å². The Kier molecular flexibility index (Phi) is 3.68. The van der Waals surface area contributed by atoms with Crippen molar-refractivity contribution in [3.63, 3.8) is 0 Å². The van der Waals surface area contributed by atoms with Gasteiger partial charge in [-0.15, -0.1) is 0 Å². The average Bonchev–Trinajstić information content (AvgIpc) is 2.30. The van der Waals surface area contributed by atoms with Crippen molar-refractivity contribution in [2.75, 3.05) is 7.11 Å². The summed E-state index contributed by atoms with van der Waals surface area (Å²) in [7, 11) is 1.40. The molecule has 1 aromatic rings. The lowest BCUT2D eigenvalue weighted by Crippen LogP contribution is -2.45. The van der Waals surface area contributed by atoms with Gasteiger partial charge < -0.3 is 10.1 Å². The molecule has 2 rings (SSSR count). The number of fused-ring (bicyclic) bond motifs is 1. The summed E-state index contributed by atoms with van der Waals surface area (Å²) in [6, 6.07) is 8.57. The van der Waals surface area contributed by atoms with Gasteiger partial charge in [0.1, 0.15) is 0 Å². The van der Waals surface area contributed by atoms with Crippen LogP contribution in [0.2, 0.25) is 0 Å². The minimum Gasteiger partial charge on any atom is -0.453 e. The van der Waals surface area contributed by atoms with Gasteiger partial charge in [-0.3, -0.25) is 0 Å². The number of carbonyl (C=O) groups excluding carboxylic acids is 1. The van der Waals surface area contributed by atoms with Crippen molar-refractivity contribution in [3.8, 4) is 0 Å². The average molecular weight is 331 g/mol. The molecule has 86 valence electrons. The van der Waals surface area contributed by atoms with Crippen molar-refractivity contribution in [2.45, 2.75) is 22.8 Å². The van der Waals surface area contributed by atoms with E-state index in [0.717, 1.165) is 12.8 Å². The molecular weight excluding hydrogens is 317 g/mol. The molecule has 2 atom stereocenters. The largest absolute Gasteiger partial charge is 0.453 e. The van der Waals surface area contributed by atoms with Crippen LogP contribution in [0.1, 0.15) is 11.1 Å². The van der Waals surface area contributed by atoms with Crippen LogP contribution in [-0.4, -0.2) is 23.2 Å². The first-order valence-electron chi connectivity index (χ1n) is 5.26. The van der Waals surface area contributed by atoms with Crippen molar-refractivity contribution in [2.24, 2.45) is 0 Å². The zero-order chi connectivity index (χ0) is 11.5. The van der Waals surface area contributed by atoms with Crippen LogP contribution in [0, 0.1) is 0 Å². The second-order valence-corrected chi connectivity index (χ2v) is 5.54. The number of alkyl carbamates (subject to hydrolysis) is 1. The molecule has 1 aliphatic carbocycles. The minimum absolute atomic E-state index is 0.169. The van der Waals surface area contributed by atoms with Gasteiger partial charge in [-0.25, -0.2) is 4.79 Å². The first-order chi connectivity index (χ1) is 7.70. The first-order valence-corrected chi connectivity index (χ1v) is 6.50. The maximum Gasteiger partial charge on any atom is 0.407 e. The smallest absolute Gasteiger partial charge is 0.407 e. The lowest BCUT2D eigenvalue weighted by molar-refractivity contribution is 0.166. The number of methoxy groups -OCH3 is 1. The summed E-state index contributed by atoms with van der Waals surface area (Å²) >= 11 is 2.40. The highest BCUT2D eigenvalue weighted by Crippen LogP contribution is 2.26. The van der Waals surface area contributed by atoms with Crippen LogP contribution < -0.4 is 5.32 Å². The maximum absolute atomic E-state index is 11.2. The van der Waals surface area contributed by atoms with E-state index in [1.54, 1.807) is 0 Å². The van der Waals surface area contributed by atoms with E-state index >= 15 is 0 Å². The van der Waals surface area contributed by atoms with Crippen molar-refractivity contribution in [3.05, 3.63) is 35.4 Å². The highest BCUT2D eigenvalue weighted by Gasteiger charge is 2.27. The highest BCUT2D eigenvalue weighted by molar-refractivity contribution is 14.1. The van der Waals surface area contributed by atoms with Crippen LogP contribution in [0.4, 0.5) is 4.79 Å². The van der Waals surface area contributed by atoms with Gasteiger partial charge in [0, 0.05) is 9.97 Å². The van der Waals surface area contributed by atoms with E-state index in [2.05, 4.69) is 50.8 Å². The van der Waals surface area contributed by atoms with Gasteiger partial charge >= 0.3 is 6.09 Å². The summed E-state index contributed by atoms with van der Waals surface area (Å²) in [5, 5.41) is 2.89. The fourth-order valence-corrected chi connectivity index (χ4v) is 2.93. The third-order valence-electron chi connectivity index (χ3n) is 2.90. The zero-order valence-electron chi connectivity index (χ0n) is 9.07. The van der Waals surface area contributed by atoms with E-state index in [0.29, 0.717) is 3.92 Å². The molecule has 0 heterocycles. The molecule has 1 aliphatic rings. The number of hydrogen-bond donors (Lipinski definition) is 1. The maximum atomic E-state index is 11.2. The molecule has 1 aromatic carbocycles. The van der Waals surface area contributed by atoms with Gasteiger partial charge in [-0.05, 0) is 24.0 Å². The standard InChI is InChI=1S/C12H14INO2/c1-16-12(15)14-11-7-9-5-3-2-4-8(9)6-10(11)13/h2-5,10-11H,6-7H2,1H3,(H,14,15)/t10-,11-/m1/s1. The molecule has 0 saturated carbocycles. The highest BCUT2D eigenvalue weighted by atomic mass is 127. The molecule has 0 aliphatic heterocycles. The monoisotopic (exact) mass is 331 g/mol. The molecule has 0 spiro atoms. The van der Waals surface area contributed by atoms with Gasteiger partial charge in [-0.2, -0.15) is 0 Å². The summed E-state index contributed by atoms with van der Waals surface area (Å²) in [6.07, 6.45) is 1.55. The summed E-state index contributed by atoms with van der Waals surface area (Å²) in [6.45, 7) is 0. The molecule has 3 nitrogen and oxygen atoms in total. The van der Waals surface area contributed by atoms with Crippen LogP contribution in [0.25, 0.3) is 0 Å². The predicted molar refractivity (Wildman–Crippen MR) is 71.0 cm³/mol. The number of carbonyl (C=O) groups is 1. The first kappa shape index (κ1) is 11.7. The summed E-state index contributed by atoms with van der Waals surface area (Å²) < 4.78 is 5.06. The SMILES string of the molecule is COC(=O)N[C@@H]1Cc2ccccc2C[C@H]1I. The molecule has 0 saturated heterocycles. The molecule has 1 N–H and O–H groups in total. The molecular formula is C12H14INO2. The molecule has 0 bridgehead atoms. The molecule has 0 fully saturated rings. The van der Waals surface area contributed by atoms with Crippen molar-refractivity contribution in [1.82, 2.24) is 5.32 Å². The molecule has 0 radical (unpaired) electrons. The second kappa shape index (κ2) is 5.03. The zero-order valence-corrected chi connectivity index (χ0v) is 11.2. The van der Waals surface area contributed by atoms with Crippen LogP contribution >= 0.6 is 22.6 Å². The number of halogens is 1. The number of benzene rings is 1. The minimum atomic E-state index is -0.342. The lowest BCUT2D eigenvalue weighted by atomic mass is 9.88. The molecule has 4 heteroatoms. The normalized spacial score (nSPS) is 23.4. The molecule has 0 unspecified atom stereocenters. The number of rotatable bonds is 1. The van der Waals surface area contributed by atoms with Gasteiger partial charge in [0.15, 0.2) is 0 Å². The fourth-order valence-electron chi connectivity index (χ4n) is 2.02. The number of ether oxygens (including phenoxy) is 1. The summed E-state index contributed by atoms with van der Waals surface area (Å²) in [5.41, 5.74) is 2.72. The van der Waals surface area contributed by atoms with E-state index in [1.807, 2.05) is 6.07 Å². The van der Waals surface area contributed by atoms with Crippen molar-refractivity contribution in [1.29, 1.82) is 0 Å². The Morgan fingerprint density at radius 3 is 2.62 bits per heavy atom. The molecule has 1 amide bonds. The van der Waals surface area contributed by atoms with Crippen LogP contribution in [0.5, 0.6) is 0 Å². The lowest BCUT2D eigenvalue weighted by Gasteiger charge is -2.29. The van der Waals surface area contributed by atoms with E-state index < -0.39 is 0 Å². The molecule has 16 heavy (non-hydrogen) atoms. The number of hydrogen-bond acceptors (Lipinski definition) is 2. The van der Waals surface area contributed by atoms with Gasteiger partial charge in [-0.1, -0.05) is 46.9 Å². The Morgan fingerprint density at radius 2 is 2.00 bits per heavy atom. The van der Waals surface area contributed by atoms with E-state index in [1.165, 1.54) is 18.2 Å². The third-order valence-corrected chi connectivity index (χ3v) is 4.21. The quantitative estimate of drug-likeness (QED) is 0.634. The van der Waals surface area contributed by atoms with Crippen LogP contribution in [0.3, 0.4) is 0 Å². The number of amides is 1. The number of nitrogens with one attached hydrogen (secondary N) is 1. The van der Waals surface area contributed by atoms with Gasteiger partial charge in [0.05, 0.1) is 7.11 Å². The molecule has 0 aromatic heterocycles. The second-order valence-electron chi connectivity index (χ2n) is 3.94. The van der Waals surface area contributed by atoms with E-state index in [9.17, 15) is 4.79 Å². The van der Waals surface area contributed by atoms with E-state index in [4.69, 9.17) is 0 Å². The Bertz CT molecular complexity index is 394. The Morgan fingerprint density at radius 1 is 1.38 bits per heavy atom.